The van der Waals surface area contributed by atoms with Gasteiger partial charge in [0.05, 0.1) is 5.56 Å². The van der Waals surface area contributed by atoms with Gasteiger partial charge in [-0.1, -0.05) is 30.8 Å². The van der Waals surface area contributed by atoms with Gasteiger partial charge in [0.15, 0.2) is 0 Å². The molecule has 1 N–H and O–H groups in total. The Kier molecular flexibility index (Phi) is 5.09. The maximum absolute atomic E-state index is 13.2. The molecular weight excluding hydrogens is 295 g/mol. The van der Waals surface area contributed by atoms with E-state index in [-0.39, 0.29) is 11.4 Å². The minimum atomic E-state index is -0.958. The molecule has 0 radical (unpaired) electrons. The standard InChI is InChI=1S/C15H13FO2S2/c1-2-19-12-7-4-8-13(14(12)15(17)18)20-11-6-3-5-10(16)9-11/h3-9H,2H2,1H3,(H,17,18). The molecule has 0 aromatic heterocycles. The molecule has 2 rings (SSSR count). The third-order valence-corrected chi connectivity index (χ3v) is 4.52. The van der Waals surface area contributed by atoms with Crippen LogP contribution in [0.15, 0.2) is 57.2 Å². The van der Waals surface area contributed by atoms with Gasteiger partial charge in [0.2, 0.25) is 0 Å². The molecule has 0 fully saturated rings. The second-order valence-electron chi connectivity index (χ2n) is 3.93. The Bertz CT molecular complexity index is 629. The fourth-order valence-electron chi connectivity index (χ4n) is 1.74. The summed E-state index contributed by atoms with van der Waals surface area (Å²) < 4.78 is 13.2. The normalized spacial score (nSPS) is 10.5. The number of rotatable bonds is 5. The van der Waals surface area contributed by atoms with Crippen LogP contribution in [-0.2, 0) is 0 Å². The van der Waals surface area contributed by atoms with Crippen molar-refractivity contribution in [3.8, 4) is 0 Å². The van der Waals surface area contributed by atoms with E-state index in [2.05, 4.69) is 0 Å². The highest BCUT2D eigenvalue weighted by Gasteiger charge is 2.16. The molecule has 0 saturated carbocycles. The first kappa shape index (κ1) is 14.9. The van der Waals surface area contributed by atoms with Gasteiger partial charge in [-0.2, -0.15) is 0 Å². The Morgan fingerprint density at radius 3 is 2.55 bits per heavy atom. The van der Waals surface area contributed by atoms with Crippen LogP contribution in [0, 0.1) is 5.82 Å². The van der Waals surface area contributed by atoms with Crippen LogP contribution in [0.25, 0.3) is 0 Å². The summed E-state index contributed by atoms with van der Waals surface area (Å²) >= 11 is 2.75. The molecule has 0 aliphatic carbocycles. The first-order chi connectivity index (χ1) is 9.61. The Labute approximate surface area is 125 Å². The van der Waals surface area contributed by atoms with E-state index in [0.29, 0.717) is 9.79 Å². The summed E-state index contributed by atoms with van der Waals surface area (Å²) in [4.78, 5) is 13.5. The van der Waals surface area contributed by atoms with Crippen LogP contribution in [0.2, 0.25) is 0 Å². The molecule has 0 heterocycles. The van der Waals surface area contributed by atoms with Gasteiger partial charge in [0.25, 0.3) is 0 Å². The zero-order valence-electron chi connectivity index (χ0n) is 10.8. The van der Waals surface area contributed by atoms with Gasteiger partial charge in [0.1, 0.15) is 5.82 Å². The molecule has 0 aliphatic heterocycles. The number of carboxylic acids is 1. The topological polar surface area (TPSA) is 37.3 Å². The van der Waals surface area contributed by atoms with E-state index in [4.69, 9.17) is 0 Å². The van der Waals surface area contributed by atoms with E-state index in [9.17, 15) is 14.3 Å². The predicted octanol–water partition coefficient (Wildman–Crippen LogP) is 4.79. The van der Waals surface area contributed by atoms with Gasteiger partial charge in [0, 0.05) is 14.7 Å². The number of hydrogen-bond donors (Lipinski definition) is 1. The van der Waals surface area contributed by atoms with Crippen molar-refractivity contribution in [3.63, 3.8) is 0 Å². The molecule has 2 aromatic carbocycles. The summed E-state index contributed by atoms with van der Waals surface area (Å²) in [6, 6.07) is 11.5. The summed E-state index contributed by atoms with van der Waals surface area (Å²) in [5.74, 6) is -0.486. The SMILES string of the molecule is CCSc1cccc(Sc2cccc(F)c2)c1C(=O)O. The highest BCUT2D eigenvalue weighted by atomic mass is 32.2. The monoisotopic (exact) mass is 308 g/mol. The van der Waals surface area contributed by atoms with E-state index in [1.165, 1.54) is 35.7 Å². The van der Waals surface area contributed by atoms with Crippen molar-refractivity contribution in [2.75, 3.05) is 5.75 Å². The summed E-state index contributed by atoms with van der Waals surface area (Å²) in [5.41, 5.74) is 0.286. The number of thioether (sulfide) groups is 1. The van der Waals surface area contributed by atoms with Gasteiger partial charge >= 0.3 is 5.97 Å². The molecule has 0 spiro atoms. The average molecular weight is 308 g/mol. The summed E-state index contributed by atoms with van der Waals surface area (Å²) in [6.45, 7) is 1.97. The number of aromatic carboxylic acids is 1. The van der Waals surface area contributed by atoms with Gasteiger partial charge in [-0.25, -0.2) is 9.18 Å². The van der Waals surface area contributed by atoms with Crippen LogP contribution in [0.4, 0.5) is 4.39 Å². The first-order valence-corrected chi connectivity index (χ1v) is 7.84. The fourth-order valence-corrected chi connectivity index (χ4v) is 3.65. The van der Waals surface area contributed by atoms with Crippen LogP contribution in [0.5, 0.6) is 0 Å². The van der Waals surface area contributed by atoms with Gasteiger partial charge in [-0.15, -0.1) is 11.8 Å². The molecular formula is C15H13FO2S2. The van der Waals surface area contributed by atoms with E-state index in [1.807, 2.05) is 13.0 Å². The Morgan fingerprint density at radius 1 is 1.20 bits per heavy atom. The molecule has 5 heteroatoms. The maximum atomic E-state index is 13.2. The lowest BCUT2D eigenvalue weighted by molar-refractivity contribution is 0.0689. The number of halogens is 1. The summed E-state index contributed by atoms with van der Waals surface area (Å²) in [6.07, 6.45) is 0. The Morgan fingerprint density at radius 2 is 1.90 bits per heavy atom. The Balaban J connectivity index is 2.40. The van der Waals surface area contributed by atoms with Crippen molar-refractivity contribution in [1.29, 1.82) is 0 Å². The zero-order chi connectivity index (χ0) is 14.5. The minimum absolute atomic E-state index is 0.286. The van der Waals surface area contributed by atoms with Gasteiger partial charge < -0.3 is 5.11 Å². The molecule has 104 valence electrons. The zero-order valence-corrected chi connectivity index (χ0v) is 12.4. The second-order valence-corrected chi connectivity index (χ2v) is 6.35. The summed E-state index contributed by atoms with van der Waals surface area (Å²) in [5, 5.41) is 9.40. The highest BCUT2D eigenvalue weighted by Crippen LogP contribution is 2.35. The number of hydrogen-bond acceptors (Lipinski definition) is 3. The lowest BCUT2D eigenvalue weighted by Crippen LogP contribution is -2.01. The maximum Gasteiger partial charge on any atom is 0.337 e. The lowest BCUT2D eigenvalue weighted by atomic mass is 10.2. The fraction of sp³-hybridized carbons (Fsp3) is 0.133. The van der Waals surface area contributed by atoms with Crippen LogP contribution < -0.4 is 0 Å². The van der Waals surface area contributed by atoms with E-state index in [1.54, 1.807) is 24.3 Å². The molecule has 0 bridgehead atoms. The van der Waals surface area contributed by atoms with E-state index in [0.717, 1.165) is 10.6 Å². The smallest absolute Gasteiger partial charge is 0.337 e. The van der Waals surface area contributed by atoms with Crippen molar-refractivity contribution in [2.24, 2.45) is 0 Å². The average Bonchev–Trinajstić information content (AvgIpc) is 2.39. The lowest BCUT2D eigenvalue weighted by Gasteiger charge is -2.10. The number of carbonyl (C=O) groups is 1. The third-order valence-electron chi connectivity index (χ3n) is 2.53. The van der Waals surface area contributed by atoms with Crippen LogP contribution in [0.3, 0.4) is 0 Å². The molecule has 20 heavy (non-hydrogen) atoms. The molecule has 2 aromatic rings. The molecule has 0 atom stereocenters. The van der Waals surface area contributed by atoms with E-state index >= 15 is 0 Å². The molecule has 0 unspecified atom stereocenters. The van der Waals surface area contributed by atoms with Crippen molar-refractivity contribution >= 4 is 29.5 Å². The second kappa shape index (κ2) is 6.81. The number of benzene rings is 2. The largest absolute Gasteiger partial charge is 0.478 e. The highest BCUT2D eigenvalue weighted by molar-refractivity contribution is 8.00. The Hall–Kier alpha value is -1.46. The van der Waals surface area contributed by atoms with Crippen molar-refractivity contribution in [2.45, 2.75) is 21.6 Å². The van der Waals surface area contributed by atoms with Crippen molar-refractivity contribution in [3.05, 3.63) is 53.8 Å². The van der Waals surface area contributed by atoms with E-state index < -0.39 is 5.97 Å². The number of carboxylic acid groups (broad SMARTS) is 1. The summed E-state index contributed by atoms with van der Waals surface area (Å²) in [7, 11) is 0. The quantitative estimate of drug-likeness (QED) is 0.806. The molecule has 0 aliphatic rings. The van der Waals surface area contributed by atoms with Crippen molar-refractivity contribution in [1.82, 2.24) is 0 Å². The predicted molar refractivity (Wildman–Crippen MR) is 80.3 cm³/mol. The van der Waals surface area contributed by atoms with Crippen molar-refractivity contribution < 1.29 is 14.3 Å². The third kappa shape index (κ3) is 3.55. The van der Waals surface area contributed by atoms with Crippen LogP contribution >= 0.6 is 23.5 Å². The molecule has 0 saturated heterocycles. The van der Waals surface area contributed by atoms with Gasteiger partial charge in [-0.3, -0.25) is 0 Å². The first-order valence-electron chi connectivity index (χ1n) is 6.04. The van der Waals surface area contributed by atoms with Crippen LogP contribution in [0.1, 0.15) is 17.3 Å². The van der Waals surface area contributed by atoms with Crippen LogP contribution in [-0.4, -0.2) is 16.8 Å². The molecule has 0 amide bonds. The van der Waals surface area contributed by atoms with Gasteiger partial charge in [-0.05, 0) is 36.1 Å². The molecule has 2 nitrogen and oxygen atoms in total. The minimum Gasteiger partial charge on any atom is -0.478 e.